The number of hydrogen-bond acceptors (Lipinski definition) is 5. The van der Waals surface area contributed by atoms with E-state index in [4.69, 9.17) is 5.26 Å². The van der Waals surface area contributed by atoms with Crippen molar-refractivity contribution in [2.24, 2.45) is 0 Å². The maximum absolute atomic E-state index is 11.7. The van der Waals surface area contributed by atoms with Crippen LogP contribution in [-0.2, 0) is 11.3 Å². The van der Waals surface area contributed by atoms with Crippen LogP contribution < -0.4 is 5.32 Å². The molecule has 1 amide bonds. The molecule has 112 valence electrons. The number of rotatable bonds is 6. The molecule has 1 saturated heterocycles. The summed E-state index contributed by atoms with van der Waals surface area (Å²) in [4.78, 5) is 20.5. The standard InChI is InChI=1S/C15H21N5O/c16-5-3-7-18-15(21)13-20-10-8-19(9-11-20)12-14-4-1-2-6-17-14/h1-2,4,6H,3,7-13H2,(H,18,21). The zero-order valence-electron chi connectivity index (χ0n) is 12.2. The predicted octanol–water partition coefficient (Wildman–Crippen LogP) is 0.229. The lowest BCUT2D eigenvalue weighted by molar-refractivity contribution is -0.122. The lowest BCUT2D eigenvalue weighted by Crippen LogP contribution is -2.49. The highest BCUT2D eigenvalue weighted by Gasteiger charge is 2.18. The first kappa shape index (κ1) is 15.4. The molecule has 21 heavy (non-hydrogen) atoms. The van der Waals surface area contributed by atoms with Gasteiger partial charge in [-0.05, 0) is 12.1 Å². The van der Waals surface area contributed by atoms with E-state index in [0.717, 1.165) is 38.4 Å². The first-order valence-corrected chi connectivity index (χ1v) is 7.26. The van der Waals surface area contributed by atoms with Gasteiger partial charge in [0, 0.05) is 45.5 Å². The van der Waals surface area contributed by atoms with E-state index in [-0.39, 0.29) is 5.91 Å². The van der Waals surface area contributed by atoms with Crippen LogP contribution in [0.4, 0.5) is 0 Å². The van der Waals surface area contributed by atoms with Gasteiger partial charge in [-0.25, -0.2) is 0 Å². The molecular formula is C15H21N5O. The summed E-state index contributed by atoms with van der Waals surface area (Å²) in [7, 11) is 0. The van der Waals surface area contributed by atoms with E-state index in [9.17, 15) is 4.79 Å². The molecule has 1 aliphatic rings. The van der Waals surface area contributed by atoms with Crippen molar-refractivity contribution in [3.63, 3.8) is 0 Å². The van der Waals surface area contributed by atoms with Crippen LogP contribution in [0.15, 0.2) is 24.4 Å². The van der Waals surface area contributed by atoms with Crippen molar-refractivity contribution in [2.75, 3.05) is 39.3 Å². The number of amides is 1. The van der Waals surface area contributed by atoms with Gasteiger partial charge in [-0.15, -0.1) is 0 Å². The van der Waals surface area contributed by atoms with Gasteiger partial charge in [0.25, 0.3) is 0 Å². The largest absolute Gasteiger partial charge is 0.354 e. The summed E-state index contributed by atoms with van der Waals surface area (Å²) in [6.07, 6.45) is 2.18. The third-order valence-corrected chi connectivity index (χ3v) is 3.50. The average molecular weight is 287 g/mol. The Balaban J connectivity index is 1.66. The van der Waals surface area contributed by atoms with E-state index in [1.165, 1.54) is 0 Å². The van der Waals surface area contributed by atoms with Crippen molar-refractivity contribution in [2.45, 2.75) is 13.0 Å². The summed E-state index contributed by atoms with van der Waals surface area (Å²) in [5.41, 5.74) is 1.08. The molecule has 2 heterocycles. The minimum atomic E-state index is 0.00317. The van der Waals surface area contributed by atoms with Crippen molar-refractivity contribution >= 4 is 5.91 Å². The van der Waals surface area contributed by atoms with E-state index in [1.807, 2.05) is 30.5 Å². The summed E-state index contributed by atoms with van der Waals surface area (Å²) in [5.74, 6) is 0.00317. The second-order valence-corrected chi connectivity index (χ2v) is 5.13. The molecule has 1 aromatic rings. The van der Waals surface area contributed by atoms with Gasteiger partial charge in [-0.1, -0.05) is 6.07 Å². The van der Waals surface area contributed by atoms with E-state index in [0.29, 0.717) is 19.5 Å². The molecule has 0 unspecified atom stereocenters. The van der Waals surface area contributed by atoms with Gasteiger partial charge in [0.15, 0.2) is 0 Å². The van der Waals surface area contributed by atoms with Gasteiger partial charge >= 0.3 is 0 Å². The van der Waals surface area contributed by atoms with E-state index >= 15 is 0 Å². The minimum Gasteiger partial charge on any atom is -0.354 e. The fraction of sp³-hybridized carbons (Fsp3) is 0.533. The average Bonchev–Trinajstić information content (AvgIpc) is 2.51. The summed E-state index contributed by atoms with van der Waals surface area (Å²) in [6.45, 7) is 5.39. The third-order valence-electron chi connectivity index (χ3n) is 3.50. The molecule has 0 aliphatic carbocycles. The molecule has 0 aromatic carbocycles. The molecule has 0 spiro atoms. The van der Waals surface area contributed by atoms with E-state index in [2.05, 4.69) is 20.1 Å². The minimum absolute atomic E-state index is 0.00317. The van der Waals surface area contributed by atoms with Crippen LogP contribution in [0, 0.1) is 11.3 Å². The summed E-state index contributed by atoms with van der Waals surface area (Å²) in [5, 5.41) is 11.2. The molecular weight excluding hydrogens is 266 g/mol. The van der Waals surface area contributed by atoms with Crippen LogP contribution in [0.5, 0.6) is 0 Å². The zero-order chi connectivity index (χ0) is 14.9. The lowest BCUT2D eigenvalue weighted by Gasteiger charge is -2.34. The molecule has 0 saturated carbocycles. The molecule has 0 atom stereocenters. The van der Waals surface area contributed by atoms with Crippen LogP contribution in [0.2, 0.25) is 0 Å². The maximum Gasteiger partial charge on any atom is 0.234 e. The Morgan fingerprint density at radius 1 is 1.29 bits per heavy atom. The molecule has 2 rings (SSSR count). The van der Waals surface area contributed by atoms with Crippen molar-refractivity contribution in [3.8, 4) is 6.07 Å². The van der Waals surface area contributed by atoms with E-state index < -0.39 is 0 Å². The highest BCUT2D eigenvalue weighted by Crippen LogP contribution is 2.06. The van der Waals surface area contributed by atoms with Crippen LogP contribution in [-0.4, -0.2) is 60.0 Å². The molecule has 0 bridgehead atoms. The lowest BCUT2D eigenvalue weighted by atomic mass is 10.2. The summed E-state index contributed by atoms with van der Waals surface area (Å²) < 4.78 is 0. The van der Waals surface area contributed by atoms with E-state index in [1.54, 1.807) is 0 Å². The molecule has 6 heteroatoms. The Labute approximate surface area is 125 Å². The summed E-state index contributed by atoms with van der Waals surface area (Å²) >= 11 is 0. The number of nitrogens with zero attached hydrogens (tertiary/aromatic N) is 4. The Bertz CT molecular complexity index is 477. The number of pyridine rings is 1. The number of hydrogen-bond donors (Lipinski definition) is 1. The van der Waals surface area contributed by atoms with Gasteiger partial charge in [0.05, 0.1) is 24.7 Å². The SMILES string of the molecule is N#CCCNC(=O)CN1CCN(Cc2ccccn2)CC1. The first-order chi connectivity index (χ1) is 10.3. The highest BCUT2D eigenvalue weighted by atomic mass is 16.2. The normalized spacial score (nSPS) is 16.3. The third kappa shape index (κ3) is 5.50. The zero-order valence-corrected chi connectivity index (χ0v) is 12.2. The van der Waals surface area contributed by atoms with Crippen LogP contribution in [0.3, 0.4) is 0 Å². The Hall–Kier alpha value is -1.97. The fourth-order valence-electron chi connectivity index (χ4n) is 2.34. The Kier molecular flexibility index (Phi) is 6.13. The van der Waals surface area contributed by atoms with Gasteiger partial charge in [0.2, 0.25) is 5.91 Å². The molecule has 1 N–H and O–H groups in total. The van der Waals surface area contributed by atoms with Gasteiger partial charge in [0.1, 0.15) is 0 Å². The molecule has 1 aromatic heterocycles. The van der Waals surface area contributed by atoms with Crippen molar-refractivity contribution < 1.29 is 4.79 Å². The number of nitrogens with one attached hydrogen (secondary N) is 1. The molecule has 6 nitrogen and oxygen atoms in total. The summed E-state index contributed by atoms with van der Waals surface area (Å²) in [6, 6.07) is 7.98. The number of aromatic nitrogens is 1. The van der Waals surface area contributed by atoms with Crippen LogP contribution in [0.1, 0.15) is 12.1 Å². The predicted molar refractivity (Wildman–Crippen MR) is 79.2 cm³/mol. The molecule has 1 aliphatic heterocycles. The highest BCUT2D eigenvalue weighted by molar-refractivity contribution is 5.78. The van der Waals surface area contributed by atoms with Crippen LogP contribution in [0.25, 0.3) is 0 Å². The van der Waals surface area contributed by atoms with Crippen LogP contribution >= 0.6 is 0 Å². The van der Waals surface area contributed by atoms with Crippen molar-refractivity contribution in [3.05, 3.63) is 30.1 Å². The number of carbonyl (C=O) groups is 1. The van der Waals surface area contributed by atoms with Gasteiger partial charge < -0.3 is 5.32 Å². The topological polar surface area (TPSA) is 72.3 Å². The molecule has 0 radical (unpaired) electrons. The van der Waals surface area contributed by atoms with Gasteiger partial charge in [-0.2, -0.15) is 5.26 Å². The van der Waals surface area contributed by atoms with Crippen molar-refractivity contribution in [1.29, 1.82) is 5.26 Å². The number of piperazine rings is 1. The monoisotopic (exact) mass is 287 g/mol. The number of nitriles is 1. The maximum atomic E-state index is 11.7. The fourth-order valence-corrected chi connectivity index (χ4v) is 2.34. The first-order valence-electron chi connectivity index (χ1n) is 7.26. The molecule has 1 fully saturated rings. The quantitative estimate of drug-likeness (QED) is 0.758. The number of carbonyl (C=O) groups excluding carboxylic acids is 1. The smallest absolute Gasteiger partial charge is 0.234 e. The second-order valence-electron chi connectivity index (χ2n) is 5.13. The van der Waals surface area contributed by atoms with Crippen molar-refractivity contribution in [1.82, 2.24) is 20.1 Å². The Morgan fingerprint density at radius 3 is 2.71 bits per heavy atom. The second kappa shape index (κ2) is 8.35. The van der Waals surface area contributed by atoms with Gasteiger partial charge in [-0.3, -0.25) is 19.6 Å². The Morgan fingerprint density at radius 2 is 2.05 bits per heavy atom.